The molecular weight excluding hydrogens is 406 g/mol. The van der Waals surface area contributed by atoms with Gasteiger partial charge in [0.1, 0.15) is 5.01 Å². The monoisotopic (exact) mass is 441 g/mol. The Morgan fingerprint density at radius 2 is 1.81 bits per heavy atom. The van der Waals surface area contributed by atoms with Crippen LogP contribution in [0.1, 0.15) is 68.6 Å². The number of aryl methyl sites for hydroxylation is 1. The second kappa shape index (κ2) is 10.4. The molecule has 1 aliphatic rings. The summed E-state index contributed by atoms with van der Waals surface area (Å²) in [7, 11) is 0. The second-order valence-corrected chi connectivity index (χ2v) is 10.7. The highest BCUT2D eigenvalue weighted by molar-refractivity contribution is 7.09. The summed E-state index contributed by atoms with van der Waals surface area (Å²) in [6, 6.07) is 8.10. The molecule has 2 N–H and O–H groups in total. The molecule has 1 aliphatic carbocycles. The third kappa shape index (κ3) is 6.89. The average molecular weight is 442 g/mol. The first-order valence-electron chi connectivity index (χ1n) is 11.2. The van der Waals surface area contributed by atoms with E-state index in [9.17, 15) is 9.59 Å². The maximum atomic E-state index is 12.6. The van der Waals surface area contributed by atoms with Crippen molar-refractivity contribution in [2.45, 2.75) is 65.8 Å². The van der Waals surface area contributed by atoms with Crippen LogP contribution in [0.5, 0.6) is 0 Å². The molecule has 2 amide bonds. The Morgan fingerprint density at radius 3 is 2.39 bits per heavy atom. The van der Waals surface area contributed by atoms with Crippen molar-refractivity contribution in [3.8, 4) is 0 Å². The Bertz CT molecular complexity index is 848. The Hall–Kier alpha value is -2.21. The highest BCUT2D eigenvalue weighted by Crippen LogP contribution is 2.38. The van der Waals surface area contributed by atoms with Gasteiger partial charge in [-0.1, -0.05) is 50.6 Å². The Labute approximate surface area is 190 Å². The van der Waals surface area contributed by atoms with Gasteiger partial charge in [0, 0.05) is 23.5 Å². The third-order valence-electron chi connectivity index (χ3n) is 6.12. The highest BCUT2D eigenvalue weighted by Gasteiger charge is 2.33. The van der Waals surface area contributed by atoms with Gasteiger partial charge in [-0.3, -0.25) is 9.59 Å². The molecule has 0 spiro atoms. The maximum Gasteiger partial charge on any atom is 0.225 e. The zero-order chi connectivity index (χ0) is 22.4. The van der Waals surface area contributed by atoms with E-state index in [0.29, 0.717) is 18.3 Å². The number of hydrogen-bond acceptors (Lipinski definition) is 4. The Balaban J connectivity index is 1.49. The smallest absolute Gasteiger partial charge is 0.225 e. The van der Waals surface area contributed by atoms with E-state index in [-0.39, 0.29) is 17.9 Å². The topological polar surface area (TPSA) is 71.1 Å². The normalized spacial score (nSPS) is 20.1. The van der Waals surface area contributed by atoms with Gasteiger partial charge in [-0.05, 0) is 50.0 Å². The largest absolute Gasteiger partial charge is 0.356 e. The molecule has 31 heavy (non-hydrogen) atoms. The number of nitrogens with one attached hydrogen (secondary N) is 2. The quantitative estimate of drug-likeness (QED) is 0.647. The van der Waals surface area contributed by atoms with Crippen LogP contribution in [-0.4, -0.2) is 23.3 Å². The van der Waals surface area contributed by atoms with Crippen LogP contribution in [0.25, 0.3) is 0 Å². The fourth-order valence-electron chi connectivity index (χ4n) is 4.06. The van der Waals surface area contributed by atoms with Crippen molar-refractivity contribution >= 4 is 23.2 Å². The summed E-state index contributed by atoms with van der Waals surface area (Å²) in [5, 5.41) is 9.35. The summed E-state index contributed by atoms with van der Waals surface area (Å²) in [6.07, 6.45) is 6.43. The molecule has 6 heteroatoms. The fraction of sp³-hybridized carbons (Fsp3) is 0.560. The SMILES string of the molecule is Cc1ccc(CC(=O)NCC2CCC(C(NC(=O)C(C)(C)C)c3nccs3)CC2)cc1. The minimum atomic E-state index is -0.422. The number of carbonyl (C=O) groups excluding carboxylic acids is 2. The van der Waals surface area contributed by atoms with E-state index >= 15 is 0 Å². The van der Waals surface area contributed by atoms with Gasteiger partial charge in [0.15, 0.2) is 0 Å². The number of hydrogen-bond donors (Lipinski definition) is 2. The summed E-state index contributed by atoms with van der Waals surface area (Å²) in [4.78, 5) is 29.5. The molecule has 0 saturated heterocycles. The number of amides is 2. The molecule has 0 radical (unpaired) electrons. The van der Waals surface area contributed by atoms with E-state index < -0.39 is 5.41 Å². The van der Waals surface area contributed by atoms with Crippen molar-refractivity contribution in [3.05, 3.63) is 52.0 Å². The van der Waals surface area contributed by atoms with E-state index in [2.05, 4.69) is 15.6 Å². The lowest BCUT2D eigenvalue weighted by Crippen LogP contribution is -2.41. The van der Waals surface area contributed by atoms with Crippen LogP contribution in [-0.2, 0) is 16.0 Å². The van der Waals surface area contributed by atoms with E-state index in [0.717, 1.165) is 42.8 Å². The minimum Gasteiger partial charge on any atom is -0.356 e. The van der Waals surface area contributed by atoms with Crippen molar-refractivity contribution in [3.63, 3.8) is 0 Å². The van der Waals surface area contributed by atoms with Crippen molar-refractivity contribution in [1.29, 1.82) is 0 Å². The molecule has 3 rings (SSSR count). The summed E-state index contributed by atoms with van der Waals surface area (Å²) in [6.45, 7) is 8.60. The molecule has 5 nitrogen and oxygen atoms in total. The van der Waals surface area contributed by atoms with Crippen LogP contribution >= 0.6 is 11.3 Å². The predicted molar refractivity (Wildman–Crippen MR) is 126 cm³/mol. The van der Waals surface area contributed by atoms with E-state index in [4.69, 9.17) is 0 Å². The lowest BCUT2D eigenvalue weighted by molar-refractivity contribution is -0.130. The Morgan fingerprint density at radius 1 is 1.13 bits per heavy atom. The molecule has 1 aromatic carbocycles. The van der Waals surface area contributed by atoms with E-state index in [1.165, 1.54) is 5.56 Å². The number of aromatic nitrogens is 1. The van der Waals surface area contributed by atoms with E-state index in [1.807, 2.05) is 63.5 Å². The van der Waals surface area contributed by atoms with Crippen LogP contribution in [0.3, 0.4) is 0 Å². The van der Waals surface area contributed by atoms with Gasteiger partial charge in [0.25, 0.3) is 0 Å². The number of nitrogens with zero attached hydrogens (tertiary/aromatic N) is 1. The van der Waals surface area contributed by atoms with Crippen molar-refractivity contribution in [2.24, 2.45) is 17.3 Å². The molecule has 1 saturated carbocycles. The molecule has 1 heterocycles. The van der Waals surface area contributed by atoms with Crippen molar-refractivity contribution in [1.82, 2.24) is 15.6 Å². The van der Waals surface area contributed by atoms with E-state index in [1.54, 1.807) is 11.3 Å². The first-order valence-corrected chi connectivity index (χ1v) is 12.1. The summed E-state index contributed by atoms with van der Waals surface area (Å²) in [5.41, 5.74) is 1.83. The van der Waals surface area contributed by atoms with Crippen molar-refractivity contribution < 1.29 is 9.59 Å². The van der Waals surface area contributed by atoms with Crippen LogP contribution < -0.4 is 10.6 Å². The zero-order valence-electron chi connectivity index (χ0n) is 19.1. The van der Waals surface area contributed by atoms with Gasteiger partial charge in [-0.15, -0.1) is 11.3 Å². The molecule has 1 aromatic heterocycles. The zero-order valence-corrected chi connectivity index (χ0v) is 19.9. The maximum absolute atomic E-state index is 12.6. The van der Waals surface area contributed by atoms with Gasteiger partial charge < -0.3 is 10.6 Å². The van der Waals surface area contributed by atoms with Gasteiger partial charge in [0.2, 0.25) is 11.8 Å². The molecule has 1 unspecified atom stereocenters. The van der Waals surface area contributed by atoms with Crippen LogP contribution in [0.4, 0.5) is 0 Å². The lowest BCUT2D eigenvalue weighted by Gasteiger charge is -2.34. The van der Waals surface area contributed by atoms with Gasteiger partial charge in [0.05, 0.1) is 12.5 Å². The van der Waals surface area contributed by atoms with Crippen LogP contribution in [0.15, 0.2) is 35.8 Å². The minimum absolute atomic E-state index is 0.0243. The predicted octanol–water partition coefficient (Wildman–Crippen LogP) is 4.82. The molecule has 1 atom stereocenters. The van der Waals surface area contributed by atoms with Crippen molar-refractivity contribution in [2.75, 3.05) is 6.54 Å². The molecule has 0 bridgehead atoms. The Kier molecular flexibility index (Phi) is 7.87. The molecule has 168 valence electrons. The fourth-order valence-corrected chi connectivity index (χ4v) is 4.85. The van der Waals surface area contributed by atoms with Crippen LogP contribution in [0.2, 0.25) is 0 Å². The summed E-state index contributed by atoms with van der Waals surface area (Å²) < 4.78 is 0. The second-order valence-electron chi connectivity index (χ2n) is 9.82. The highest BCUT2D eigenvalue weighted by atomic mass is 32.1. The molecule has 2 aromatic rings. The summed E-state index contributed by atoms with van der Waals surface area (Å²) in [5.74, 6) is 1.03. The lowest BCUT2D eigenvalue weighted by atomic mass is 9.78. The first-order chi connectivity index (χ1) is 14.7. The molecule has 1 fully saturated rings. The van der Waals surface area contributed by atoms with Gasteiger partial charge >= 0.3 is 0 Å². The third-order valence-corrected chi connectivity index (χ3v) is 6.98. The van der Waals surface area contributed by atoms with Crippen LogP contribution in [0, 0.1) is 24.2 Å². The standard InChI is InChI=1S/C25H35N3O2S/c1-17-5-7-18(8-6-17)15-21(29)27-16-19-9-11-20(12-10-19)22(23-26-13-14-31-23)28-24(30)25(2,3)4/h5-8,13-14,19-20,22H,9-12,15-16H2,1-4H3,(H,27,29)(H,28,30). The number of rotatable bonds is 7. The number of carbonyl (C=O) groups is 2. The summed E-state index contributed by atoms with van der Waals surface area (Å²) >= 11 is 1.61. The molecule has 0 aliphatic heterocycles. The first kappa shape index (κ1) is 23.5. The van der Waals surface area contributed by atoms with Gasteiger partial charge in [-0.25, -0.2) is 4.98 Å². The number of benzene rings is 1. The number of thiazole rings is 1. The molecular formula is C25H35N3O2S. The van der Waals surface area contributed by atoms with Gasteiger partial charge in [-0.2, -0.15) is 0 Å². The average Bonchev–Trinajstić information content (AvgIpc) is 3.26.